The van der Waals surface area contributed by atoms with Crippen LogP contribution in [-0.2, 0) is 0 Å². The number of H-pyrrole nitrogens is 1. The van der Waals surface area contributed by atoms with Crippen molar-refractivity contribution in [1.82, 2.24) is 20.2 Å². The Hall–Kier alpha value is -1.95. The van der Waals surface area contributed by atoms with Gasteiger partial charge in [-0.2, -0.15) is 4.98 Å². The summed E-state index contributed by atoms with van der Waals surface area (Å²) in [6.45, 7) is 6.89. The number of piperidine rings is 1. The largest absolute Gasteiger partial charge is 0.339 e. The number of hydrogen-bond acceptors (Lipinski definition) is 5. The van der Waals surface area contributed by atoms with Crippen LogP contribution in [0.5, 0.6) is 0 Å². The second kappa shape index (κ2) is 5.44. The van der Waals surface area contributed by atoms with Gasteiger partial charge in [0.15, 0.2) is 5.82 Å². The summed E-state index contributed by atoms with van der Waals surface area (Å²) in [5.74, 6) is 1.57. The number of aryl methyl sites for hydroxylation is 1. The molecule has 0 unspecified atom stereocenters. The van der Waals surface area contributed by atoms with Crippen LogP contribution < -0.4 is 10.6 Å². The van der Waals surface area contributed by atoms with Gasteiger partial charge in [0, 0.05) is 30.5 Å². The zero-order valence-electron chi connectivity index (χ0n) is 12.6. The molecule has 1 saturated heterocycles. The predicted octanol–water partition coefficient (Wildman–Crippen LogP) is 1.74. The zero-order chi connectivity index (χ0) is 14.9. The van der Waals surface area contributed by atoms with Gasteiger partial charge in [0.25, 0.3) is 0 Å². The number of aromatic nitrogens is 4. The molecule has 0 amide bonds. The number of rotatable bonds is 3. The van der Waals surface area contributed by atoms with Crippen LogP contribution in [0.3, 0.4) is 0 Å². The van der Waals surface area contributed by atoms with Crippen molar-refractivity contribution in [3.8, 4) is 11.4 Å². The van der Waals surface area contributed by atoms with E-state index in [2.05, 4.69) is 32.0 Å². The molecule has 0 radical (unpaired) electrons. The molecule has 3 heterocycles. The van der Waals surface area contributed by atoms with Crippen LogP contribution in [0.2, 0.25) is 0 Å². The lowest BCUT2D eigenvalue weighted by Crippen LogP contribution is -2.42. The molecule has 0 saturated carbocycles. The quantitative estimate of drug-likeness (QED) is 0.898. The summed E-state index contributed by atoms with van der Waals surface area (Å²) in [5.41, 5.74) is 8.11. The van der Waals surface area contributed by atoms with Crippen molar-refractivity contribution in [2.75, 3.05) is 24.5 Å². The van der Waals surface area contributed by atoms with Gasteiger partial charge in [0.2, 0.25) is 5.95 Å². The molecule has 0 atom stereocenters. The molecule has 0 bridgehead atoms. The first-order valence-corrected chi connectivity index (χ1v) is 7.40. The first-order valence-electron chi connectivity index (χ1n) is 7.40. The van der Waals surface area contributed by atoms with E-state index >= 15 is 0 Å². The van der Waals surface area contributed by atoms with E-state index < -0.39 is 0 Å². The molecule has 3 N–H and O–H groups in total. The maximum atomic E-state index is 5.85. The number of anilines is 1. The monoisotopic (exact) mass is 286 g/mol. The Labute approximate surface area is 124 Å². The summed E-state index contributed by atoms with van der Waals surface area (Å²) in [4.78, 5) is 11.0. The van der Waals surface area contributed by atoms with Gasteiger partial charge in [0.05, 0.1) is 0 Å². The predicted molar refractivity (Wildman–Crippen MR) is 83.0 cm³/mol. The van der Waals surface area contributed by atoms with Crippen molar-refractivity contribution in [2.24, 2.45) is 11.1 Å². The van der Waals surface area contributed by atoms with Crippen LogP contribution >= 0.6 is 0 Å². The van der Waals surface area contributed by atoms with E-state index in [0.717, 1.165) is 55.5 Å². The van der Waals surface area contributed by atoms with Gasteiger partial charge in [-0.15, -0.1) is 5.10 Å². The van der Waals surface area contributed by atoms with E-state index in [1.807, 2.05) is 19.1 Å². The Morgan fingerprint density at radius 2 is 2.14 bits per heavy atom. The second-order valence-corrected chi connectivity index (χ2v) is 6.17. The van der Waals surface area contributed by atoms with E-state index in [-0.39, 0.29) is 5.41 Å². The van der Waals surface area contributed by atoms with Crippen molar-refractivity contribution in [3.63, 3.8) is 0 Å². The molecule has 1 aliphatic rings. The molecule has 2 aromatic heterocycles. The van der Waals surface area contributed by atoms with E-state index in [1.165, 1.54) is 0 Å². The minimum Gasteiger partial charge on any atom is -0.339 e. The molecule has 3 rings (SSSR count). The molecular formula is C15H22N6. The van der Waals surface area contributed by atoms with Gasteiger partial charge in [-0.25, -0.2) is 0 Å². The molecule has 0 aliphatic carbocycles. The molecule has 6 heteroatoms. The van der Waals surface area contributed by atoms with Crippen LogP contribution in [0.4, 0.5) is 5.95 Å². The lowest BCUT2D eigenvalue weighted by molar-refractivity contribution is 0.257. The Morgan fingerprint density at radius 3 is 2.81 bits per heavy atom. The molecule has 0 aromatic carbocycles. The van der Waals surface area contributed by atoms with Crippen molar-refractivity contribution < 1.29 is 0 Å². The first kappa shape index (κ1) is 14.0. The number of pyridine rings is 1. The molecule has 0 spiro atoms. The van der Waals surface area contributed by atoms with Gasteiger partial charge in [0.1, 0.15) is 0 Å². The van der Waals surface area contributed by atoms with Crippen molar-refractivity contribution in [2.45, 2.75) is 26.7 Å². The fourth-order valence-electron chi connectivity index (χ4n) is 2.67. The normalized spacial score (nSPS) is 18.0. The third kappa shape index (κ3) is 2.90. The van der Waals surface area contributed by atoms with Crippen molar-refractivity contribution >= 4 is 5.95 Å². The molecule has 1 aliphatic heterocycles. The standard InChI is InChI=1S/C15H22N6/c1-11-9-12(3-6-17-11)13-18-14(20-19-13)21-7-4-15(2,10-16)5-8-21/h3,6,9H,4-5,7-8,10,16H2,1-2H3,(H,18,19,20). The Balaban J connectivity index is 1.74. The number of aromatic amines is 1. The van der Waals surface area contributed by atoms with Crippen LogP contribution in [0.25, 0.3) is 11.4 Å². The zero-order valence-corrected chi connectivity index (χ0v) is 12.6. The summed E-state index contributed by atoms with van der Waals surface area (Å²) in [6.07, 6.45) is 3.96. The number of hydrogen-bond donors (Lipinski definition) is 2. The average molecular weight is 286 g/mol. The van der Waals surface area contributed by atoms with Crippen LogP contribution in [0, 0.1) is 12.3 Å². The van der Waals surface area contributed by atoms with E-state index in [0.29, 0.717) is 0 Å². The van der Waals surface area contributed by atoms with E-state index in [9.17, 15) is 0 Å². The minimum absolute atomic E-state index is 0.262. The molecule has 21 heavy (non-hydrogen) atoms. The van der Waals surface area contributed by atoms with Crippen LogP contribution in [0.1, 0.15) is 25.5 Å². The third-order valence-corrected chi connectivity index (χ3v) is 4.39. The second-order valence-electron chi connectivity index (χ2n) is 6.17. The maximum absolute atomic E-state index is 5.85. The smallest absolute Gasteiger partial charge is 0.245 e. The van der Waals surface area contributed by atoms with E-state index in [1.54, 1.807) is 6.20 Å². The Kier molecular flexibility index (Phi) is 3.63. The fraction of sp³-hybridized carbons (Fsp3) is 0.533. The SMILES string of the molecule is Cc1cc(-c2nc(N3CCC(C)(CN)CC3)n[nH]2)ccn1. The fourth-order valence-corrected chi connectivity index (χ4v) is 2.67. The summed E-state index contributed by atoms with van der Waals surface area (Å²) < 4.78 is 0. The molecule has 1 fully saturated rings. The highest BCUT2D eigenvalue weighted by Crippen LogP contribution is 2.31. The van der Waals surface area contributed by atoms with Crippen LogP contribution in [-0.4, -0.2) is 39.8 Å². The first-order chi connectivity index (χ1) is 10.1. The van der Waals surface area contributed by atoms with Gasteiger partial charge >= 0.3 is 0 Å². The van der Waals surface area contributed by atoms with Gasteiger partial charge in [-0.1, -0.05) is 6.92 Å². The van der Waals surface area contributed by atoms with E-state index in [4.69, 9.17) is 5.73 Å². The van der Waals surface area contributed by atoms with Gasteiger partial charge in [-0.05, 0) is 43.9 Å². The van der Waals surface area contributed by atoms with Crippen LogP contribution in [0.15, 0.2) is 18.3 Å². The Morgan fingerprint density at radius 1 is 1.38 bits per heavy atom. The molecule has 2 aromatic rings. The summed E-state index contributed by atoms with van der Waals surface area (Å²) >= 11 is 0. The number of nitrogens with zero attached hydrogens (tertiary/aromatic N) is 4. The molecular weight excluding hydrogens is 264 g/mol. The topological polar surface area (TPSA) is 83.7 Å². The highest BCUT2D eigenvalue weighted by Gasteiger charge is 2.30. The summed E-state index contributed by atoms with van der Waals surface area (Å²) in [7, 11) is 0. The highest BCUT2D eigenvalue weighted by atomic mass is 15.4. The number of nitrogens with two attached hydrogens (primary N) is 1. The molecule has 6 nitrogen and oxygen atoms in total. The minimum atomic E-state index is 0.262. The van der Waals surface area contributed by atoms with Gasteiger partial charge < -0.3 is 10.6 Å². The maximum Gasteiger partial charge on any atom is 0.245 e. The van der Waals surface area contributed by atoms with Crippen molar-refractivity contribution in [1.29, 1.82) is 0 Å². The lowest BCUT2D eigenvalue weighted by atomic mass is 9.81. The third-order valence-electron chi connectivity index (χ3n) is 4.39. The summed E-state index contributed by atoms with van der Waals surface area (Å²) in [5, 5.41) is 7.38. The van der Waals surface area contributed by atoms with Gasteiger partial charge in [-0.3, -0.25) is 10.1 Å². The average Bonchev–Trinajstić information content (AvgIpc) is 2.98. The summed E-state index contributed by atoms with van der Waals surface area (Å²) in [6, 6.07) is 3.95. The van der Waals surface area contributed by atoms with Crippen molar-refractivity contribution in [3.05, 3.63) is 24.0 Å². The lowest BCUT2D eigenvalue weighted by Gasteiger charge is -2.38. The number of nitrogens with one attached hydrogen (secondary N) is 1. The molecule has 112 valence electrons. The Bertz CT molecular complexity index is 612. The highest BCUT2D eigenvalue weighted by molar-refractivity contribution is 5.56.